The van der Waals surface area contributed by atoms with E-state index in [1.54, 1.807) is 6.07 Å². The minimum atomic E-state index is -0.122. The number of amides is 1. The summed E-state index contributed by atoms with van der Waals surface area (Å²) in [5, 5.41) is 3.00. The molecule has 1 heterocycles. The fourth-order valence-electron chi connectivity index (χ4n) is 3.82. The van der Waals surface area contributed by atoms with Gasteiger partial charge in [0, 0.05) is 16.6 Å². The van der Waals surface area contributed by atoms with Crippen molar-refractivity contribution in [3.05, 3.63) is 93.7 Å². The maximum Gasteiger partial charge on any atom is 0.251 e. The first-order valence-electron chi connectivity index (χ1n) is 10.7. The van der Waals surface area contributed by atoms with Crippen molar-refractivity contribution in [2.24, 2.45) is 0 Å². The van der Waals surface area contributed by atoms with Crippen molar-refractivity contribution in [1.29, 1.82) is 0 Å². The van der Waals surface area contributed by atoms with Crippen molar-refractivity contribution in [2.45, 2.75) is 33.4 Å². The first-order valence-corrected chi connectivity index (χ1v) is 11.5. The number of hydrogen-bond donors (Lipinski definition) is 1. The van der Waals surface area contributed by atoms with Crippen LogP contribution in [0.4, 0.5) is 0 Å². The quantitative estimate of drug-likeness (QED) is 0.316. The van der Waals surface area contributed by atoms with E-state index in [0.717, 1.165) is 51.2 Å². The van der Waals surface area contributed by atoms with Crippen molar-refractivity contribution < 1.29 is 9.53 Å². The van der Waals surface area contributed by atoms with E-state index in [4.69, 9.17) is 9.72 Å². The molecule has 0 saturated heterocycles. The second kappa shape index (κ2) is 10.0. The van der Waals surface area contributed by atoms with Crippen LogP contribution in [0.1, 0.15) is 33.7 Å². The zero-order chi connectivity index (χ0) is 22.5. The number of nitrogens with one attached hydrogen (secondary N) is 1. The molecule has 0 aliphatic rings. The summed E-state index contributed by atoms with van der Waals surface area (Å²) < 4.78 is 9.12. The van der Waals surface area contributed by atoms with E-state index in [1.807, 2.05) is 42.5 Å². The van der Waals surface area contributed by atoms with Crippen LogP contribution in [-0.4, -0.2) is 22.1 Å². The molecule has 0 saturated carbocycles. The third-order valence-corrected chi connectivity index (χ3v) is 5.90. The fourth-order valence-corrected chi connectivity index (χ4v) is 4.22. The average Bonchev–Trinajstić information content (AvgIpc) is 3.14. The number of hydrogen-bond acceptors (Lipinski definition) is 3. The number of fused-ring (bicyclic) bond motifs is 1. The molecular weight excluding hydrogens is 466 g/mol. The summed E-state index contributed by atoms with van der Waals surface area (Å²) in [6.07, 6.45) is 0.834. The molecule has 5 nitrogen and oxygen atoms in total. The van der Waals surface area contributed by atoms with Crippen LogP contribution in [-0.2, 0) is 13.1 Å². The molecule has 4 aromatic rings. The third kappa shape index (κ3) is 5.02. The Balaban J connectivity index is 1.45. The van der Waals surface area contributed by atoms with Gasteiger partial charge in [-0.2, -0.15) is 0 Å². The van der Waals surface area contributed by atoms with Gasteiger partial charge in [0.2, 0.25) is 0 Å². The summed E-state index contributed by atoms with van der Waals surface area (Å²) in [5.41, 5.74) is 4.90. The molecule has 0 aliphatic carbocycles. The zero-order valence-electron chi connectivity index (χ0n) is 18.3. The molecule has 6 heteroatoms. The first kappa shape index (κ1) is 22.1. The topological polar surface area (TPSA) is 56.1 Å². The predicted octanol–water partition coefficient (Wildman–Crippen LogP) is 5.81. The largest absolute Gasteiger partial charge is 0.493 e. The van der Waals surface area contributed by atoms with Gasteiger partial charge in [0.15, 0.2) is 0 Å². The Kier molecular flexibility index (Phi) is 6.90. The Bertz CT molecular complexity index is 1230. The smallest absolute Gasteiger partial charge is 0.251 e. The predicted molar refractivity (Wildman–Crippen MR) is 131 cm³/mol. The Morgan fingerprint density at radius 2 is 1.78 bits per heavy atom. The van der Waals surface area contributed by atoms with Crippen molar-refractivity contribution in [1.82, 2.24) is 14.9 Å². The van der Waals surface area contributed by atoms with Gasteiger partial charge in [-0.25, -0.2) is 4.98 Å². The van der Waals surface area contributed by atoms with Crippen LogP contribution in [0.15, 0.2) is 71.2 Å². The highest BCUT2D eigenvalue weighted by Gasteiger charge is 2.13. The van der Waals surface area contributed by atoms with Crippen molar-refractivity contribution >= 4 is 32.9 Å². The van der Waals surface area contributed by atoms with E-state index >= 15 is 0 Å². The molecule has 0 aliphatic heterocycles. The van der Waals surface area contributed by atoms with Gasteiger partial charge in [0.25, 0.3) is 5.91 Å². The lowest BCUT2D eigenvalue weighted by atomic mass is 10.1. The number of imidazole rings is 1. The third-order valence-electron chi connectivity index (χ3n) is 5.41. The number of halogens is 1. The number of ether oxygens (including phenoxy) is 1. The van der Waals surface area contributed by atoms with Gasteiger partial charge in [-0.3, -0.25) is 4.79 Å². The van der Waals surface area contributed by atoms with Gasteiger partial charge in [-0.05, 0) is 61.7 Å². The van der Waals surface area contributed by atoms with E-state index in [2.05, 4.69) is 57.9 Å². The van der Waals surface area contributed by atoms with E-state index < -0.39 is 0 Å². The van der Waals surface area contributed by atoms with Crippen LogP contribution in [0.3, 0.4) is 0 Å². The van der Waals surface area contributed by atoms with Crippen LogP contribution in [0.25, 0.3) is 11.0 Å². The van der Waals surface area contributed by atoms with Crippen LogP contribution < -0.4 is 10.1 Å². The van der Waals surface area contributed by atoms with Gasteiger partial charge >= 0.3 is 0 Å². The second-order valence-electron chi connectivity index (χ2n) is 7.78. The van der Waals surface area contributed by atoms with E-state index in [0.29, 0.717) is 18.7 Å². The van der Waals surface area contributed by atoms with Crippen molar-refractivity contribution in [3.8, 4) is 5.75 Å². The van der Waals surface area contributed by atoms with Crippen LogP contribution in [0.5, 0.6) is 5.75 Å². The molecule has 4 rings (SSSR count). The second-order valence-corrected chi connectivity index (χ2v) is 8.70. The molecule has 1 amide bonds. The maximum atomic E-state index is 12.6. The number of carbonyl (C=O) groups excluding carboxylic acids is 1. The fraction of sp³-hybridized carbons (Fsp3) is 0.231. The van der Waals surface area contributed by atoms with Crippen LogP contribution in [0, 0.1) is 13.8 Å². The summed E-state index contributed by atoms with van der Waals surface area (Å²) in [5.74, 6) is 1.68. The molecule has 32 heavy (non-hydrogen) atoms. The molecule has 3 aromatic carbocycles. The first-order chi connectivity index (χ1) is 15.5. The number of carbonyl (C=O) groups is 1. The minimum absolute atomic E-state index is 0.122. The lowest BCUT2D eigenvalue weighted by Gasteiger charge is -2.13. The molecule has 0 unspecified atom stereocenters. The van der Waals surface area contributed by atoms with E-state index in [1.165, 1.54) is 0 Å². The zero-order valence-corrected chi connectivity index (χ0v) is 19.9. The Morgan fingerprint density at radius 1 is 1.03 bits per heavy atom. The van der Waals surface area contributed by atoms with E-state index in [9.17, 15) is 4.79 Å². The Hall–Kier alpha value is -3.12. The summed E-state index contributed by atoms with van der Waals surface area (Å²) in [6.45, 7) is 5.86. The highest BCUT2D eigenvalue weighted by molar-refractivity contribution is 9.10. The lowest BCUT2D eigenvalue weighted by molar-refractivity contribution is 0.0949. The van der Waals surface area contributed by atoms with Gasteiger partial charge < -0.3 is 14.6 Å². The highest BCUT2D eigenvalue weighted by Crippen LogP contribution is 2.23. The number of nitrogens with zero attached hydrogens (tertiary/aromatic N) is 2. The number of aromatic nitrogens is 2. The number of benzene rings is 3. The molecule has 0 spiro atoms. The molecular formula is C26H26BrN3O2. The molecule has 164 valence electrons. The molecule has 1 N–H and O–H groups in total. The van der Waals surface area contributed by atoms with E-state index in [-0.39, 0.29) is 5.91 Å². The average molecular weight is 492 g/mol. The molecule has 1 aromatic heterocycles. The highest BCUT2D eigenvalue weighted by atomic mass is 79.9. The summed E-state index contributed by atoms with van der Waals surface area (Å²) in [6, 6.07) is 21.6. The molecule has 0 bridgehead atoms. The molecule has 0 atom stereocenters. The number of aryl methyl sites for hydroxylation is 3. The number of rotatable bonds is 8. The van der Waals surface area contributed by atoms with Gasteiger partial charge in [-0.1, -0.05) is 52.3 Å². The standard InChI is InChI=1S/C26H26BrN3O2/c1-18-8-5-9-19(2)25(18)32-15-7-14-30-23-13-4-3-12-22(23)29-24(30)17-28-26(31)20-10-6-11-21(27)16-20/h3-6,8-13,16H,7,14-15,17H2,1-2H3,(H,28,31). The maximum absolute atomic E-state index is 12.6. The number of para-hydroxylation sites is 3. The molecule has 0 radical (unpaired) electrons. The van der Waals surface area contributed by atoms with Gasteiger partial charge in [0.05, 0.1) is 24.2 Å². The SMILES string of the molecule is Cc1cccc(C)c1OCCCn1c(CNC(=O)c2cccc(Br)c2)nc2ccccc21. The summed E-state index contributed by atoms with van der Waals surface area (Å²) >= 11 is 3.41. The summed E-state index contributed by atoms with van der Waals surface area (Å²) in [7, 11) is 0. The van der Waals surface area contributed by atoms with Crippen LogP contribution >= 0.6 is 15.9 Å². The van der Waals surface area contributed by atoms with Gasteiger partial charge in [0.1, 0.15) is 11.6 Å². The monoisotopic (exact) mass is 491 g/mol. The molecule has 0 fully saturated rings. The summed E-state index contributed by atoms with van der Waals surface area (Å²) in [4.78, 5) is 17.3. The lowest BCUT2D eigenvalue weighted by Crippen LogP contribution is -2.25. The van der Waals surface area contributed by atoms with Gasteiger partial charge in [-0.15, -0.1) is 0 Å². The van der Waals surface area contributed by atoms with Crippen molar-refractivity contribution in [3.63, 3.8) is 0 Å². The minimum Gasteiger partial charge on any atom is -0.493 e. The Labute approximate surface area is 196 Å². The van der Waals surface area contributed by atoms with Crippen LogP contribution in [0.2, 0.25) is 0 Å². The normalized spacial score (nSPS) is 11.0. The van der Waals surface area contributed by atoms with Crippen molar-refractivity contribution in [2.75, 3.05) is 6.61 Å². The Morgan fingerprint density at radius 3 is 2.56 bits per heavy atom.